The fourth-order valence-electron chi connectivity index (χ4n) is 1.29. The van der Waals surface area contributed by atoms with Gasteiger partial charge in [0.25, 0.3) is 5.78 Å². The Morgan fingerprint density at radius 1 is 1.56 bits per heavy atom. The van der Waals surface area contributed by atoms with Gasteiger partial charge in [-0.05, 0) is 28.8 Å². The second-order valence-corrected chi connectivity index (χ2v) is 4.22. The standard InChI is InChI=1S/C9H11BrF3NO2/c10-7(8(15)9(11,12)13)5-14-4-6-2-1-3-16-6/h5-6,14H,1-4H2/b7-5+/t6-/m1/s1. The number of carbonyl (C=O) groups excluding carboxylic acids is 1. The number of alkyl halides is 3. The molecular weight excluding hydrogens is 291 g/mol. The molecule has 1 aliphatic rings. The summed E-state index contributed by atoms with van der Waals surface area (Å²) in [4.78, 5) is 10.7. The van der Waals surface area contributed by atoms with E-state index < -0.39 is 16.4 Å². The molecular formula is C9H11BrF3NO2. The molecule has 1 fully saturated rings. The molecule has 0 saturated carbocycles. The van der Waals surface area contributed by atoms with Gasteiger partial charge in [-0.15, -0.1) is 0 Å². The zero-order valence-electron chi connectivity index (χ0n) is 8.31. The van der Waals surface area contributed by atoms with Crippen LogP contribution in [0.3, 0.4) is 0 Å². The average Bonchev–Trinajstić information content (AvgIpc) is 2.67. The third-order valence-corrected chi connectivity index (χ3v) is 2.66. The Morgan fingerprint density at radius 3 is 2.75 bits per heavy atom. The molecule has 16 heavy (non-hydrogen) atoms. The lowest BCUT2D eigenvalue weighted by molar-refractivity contribution is -0.165. The van der Waals surface area contributed by atoms with Crippen molar-refractivity contribution >= 4 is 21.7 Å². The maximum Gasteiger partial charge on any atom is 0.455 e. The fourth-order valence-corrected chi connectivity index (χ4v) is 1.67. The minimum atomic E-state index is -4.85. The number of hydrogen-bond acceptors (Lipinski definition) is 3. The highest BCUT2D eigenvalue weighted by Crippen LogP contribution is 2.23. The fraction of sp³-hybridized carbons (Fsp3) is 0.667. The Balaban J connectivity index is 2.35. The van der Waals surface area contributed by atoms with Gasteiger partial charge in [-0.25, -0.2) is 0 Å². The van der Waals surface area contributed by atoms with Crippen LogP contribution < -0.4 is 5.32 Å². The maximum atomic E-state index is 12.0. The normalized spacial score (nSPS) is 22.2. The van der Waals surface area contributed by atoms with Crippen molar-refractivity contribution in [2.45, 2.75) is 25.1 Å². The third kappa shape index (κ3) is 4.13. The molecule has 1 rings (SSSR count). The number of allylic oxidation sites excluding steroid dienone is 1. The van der Waals surface area contributed by atoms with Crippen molar-refractivity contribution in [3.63, 3.8) is 0 Å². The summed E-state index contributed by atoms with van der Waals surface area (Å²) in [6.45, 7) is 1.08. The molecule has 1 heterocycles. The van der Waals surface area contributed by atoms with Crippen molar-refractivity contribution in [1.82, 2.24) is 5.32 Å². The van der Waals surface area contributed by atoms with Crippen molar-refractivity contribution in [2.75, 3.05) is 13.2 Å². The molecule has 0 aromatic rings. The molecule has 0 bridgehead atoms. The highest BCUT2D eigenvalue weighted by molar-refractivity contribution is 9.12. The Morgan fingerprint density at radius 2 is 2.25 bits per heavy atom. The molecule has 0 aromatic heterocycles. The van der Waals surface area contributed by atoms with Gasteiger partial charge in [-0.1, -0.05) is 0 Å². The first-order valence-corrected chi connectivity index (χ1v) is 5.52. The molecule has 1 aliphatic heterocycles. The van der Waals surface area contributed by atoms with E-state index in [4.69, 9.17) is 4.74 Å². The Kier molecular flexibility index (Phi) is 4.79. The van der Waals surface area contributed by atoms with Gasteiger partial charge in [-0.2, -0.15) is 13.2 Å². The number of rotatable bonds is 4. The minimum absolute atomic E-state index is 0.0116. The first kappa shape index (κ1) is 13.5. The molecule has 0 amide bonds. The molecule has 0 unspecified atom stereocenters. The van der Waals surface area contributed by atoms with Crippen LogP contribution in [0.5, 0.6) is 0 Å². The highest BCUT2D eigenvalue weighted by Gasteiger charge is 2.39. The first-order chi connectivity index (χ1) is 7.41. The summed E-state index contributed by atoms with van der Waals surface area (Å²) in [6.07, 6.45) is -1.99. The van der Waals surface area contributed by atoms with Gasteiger partial charge in [-0.3, -0.25) is 4.79 Å². The van der Waals surface area contributed by atoms with E-state index in [1.54, 1.807) is 0 Å². The highest BCUT2D eigenvalue weighted by atomic mass is 79.9. The number of Topliss-reactive ketones (excluding diaryl/α,β-unsaturated/α-hetero) is 1. The predicted octanol–water partition coefficient (Wildman–Crippen LogP) is 2.12. The summed E-state index contributed by atoms with van der Waals surface area (Å²) in [5, 5.41) is 2.63. The number of carbonyl (C=O) groups is 1. The Labute approximate surface area is 99.2 Å². The summed E-state index contributed by atoms with van der Waals surface area (Å²) in [7, 11) is 0. The zero-order valence-corrected chi connectivity index (χ0v) is 9.90. The number of ether oxygens (including phenoxy) is 1. The van der Waals surface area contributed by atoms with E-state index in [1.807, 2.05) is 0 Å². The number of ketones is 1. The van der Waals surface area contributed by atoms with Gasteiger partial charge in [0.15, 0.2) is 0 Å². The van der Waals surface area contributed by atoms with Crippen LogP contribution in [0.1, 0.15) is 12.8 Å². The topological polar surface area (TPSA) is 38.3 Å². The van der Waals surface area contributed by atoms with Gasteiger partial charge < -0.3 is 10.1 Å². The third-order valence-electron chi connectivity index (χ3n) is 2.07. The molecule has 0 spiro atoms. The van der Waals surface area contributed by atoms with E-state index in [1.165, 1.54) is 0 Å². The second-order valence-electron chi connectivity index (χ2n) is 3.36. The van der Waals surface area contributed by atoms with E-state index in [-0.39, 0.29) is 6.10 Å². The predicted molar refractivity (Wildman–Crippen MR) is 55.0 cm³/mol. The first-order valence-electron chi connectivity index (χ1n) is 4.73. The molecule has 1 N–H and O–H groups in total. The van der Waals surface area contributed by atoms with E-state index >= 15 is 0 Å². The lowest BCUT2D eigenvalue weighted by atomic mass is 10.2. The SMILES string of the molecule is O=C(/C(Br)=C\NC[C@H]1CCCO1)C(F)(F)F. The molecule has 1 saturated heterocycles. The molecule has 3 nitrogen and oxygen atoms in total. The molecule has 0 aromatic carbocycles. The van der Waals surface area contributed by atoms with Crippen LogP contribution in [0, 0.1) is 0 Å². The van der Waals surface area contributed by atoms with Gasteiger partial charge in [0, 0.05) is 19.4 Å². The Bertz CT molecular complexity index is 285. The van der Waals surface area contributed by atoms with Crippen LogP contribution in [0.15, 0.2) is 10.7 Å². The smallest absolute Gasteiger partial charge is 0.387 e. The largest absolute Gasteiger partial charge is 0.455 e. The van der Waals surface area contributed by atoms with Gasteiger partial charge in [0.1, 0.15) is 0 Å². The Hall–Kier alpha value is -0.560. The van der Waals surface area contributed by atoms with Crippen LogP contribution in [-0.2, 0) is 9.53 Å². The molecule has 92 valence electrons. The van der Waals surface area contributed by atoms with E-state index in [0.717, 1.165) is 19.0 Å². The molecule has 0 radical (unpaired) electrons. The van der Waals surface area contributed by atoms with Gasteiger partial charge in [0.2, 0.25) is 0 Å². The summed E-state index contributed by atoms with van der Waals surface area (Å²) in [6, 6.07) is 0. The quantitative estimate of drug-likeness (QED) is 0.809. The van der Waals surface area contributed by atoms with Gasteiger partial charge in [0.05, 0.1) is 10.6 Å². The van der Waals surface area contributed by atoms with Crippen LogP contribution in [0.4, 0.5) is 13.2 Å². The lowest BCUT2D eigenvalue weighted by Gasteiger charge is -2.09. The monoisotopic (exact) mass is 301 g/mol. The van der Waals surface area contributed by atoms with Crippen molar-refractivity contribution in [3.05, 3.63) is 10.7 Å². The number of halogens is 4. The van der Waals surface area contributed by atoms with Crippen molar-refractivity contribution in [2.24, 2.45) is 0 Å². The molecule has 1 atom stereocenters. The summed E-state index contributed by atoms with van der Waals surface area (Å²) in [5.74, 6) is -1.90. The molecule has 7 heteroatoms. The van der Waals surface area contributed by atoms with Crippen LogP contribution in [0.25, 0.3) is 0 Å². The molecule has 0 aliphatic carbocycles. The number of hydrogen-bond donors (Lipinski definition) is 1. The van der Waals surface area contributed by atoms with Crippen molar-refractivity contribution in [3.8, 4) is 0 Å². The summed E-state index contributed by atoms with van der Waals surface area (Å²) in [5.41, 5.74) is 0. The zero-order chi connectivity index (χ0) is 12.2. The average molecular weight is 302 g/mol. The summed E-state index contributed by atoms with van der Waals surface area (Å²) >= 11 is 2.58. The van der Waals surface area contributed by atoms with E-state index in [9.17, 15) is 18.0 Å². The second kappa shape index (κ2) is 5.67. The lowest BCUT2D eigenvalue weighted by Crippen LogP contribution is -2.26. The van der Waals surface area contributed by atoms with Crippen molar-refractivity contribution in [1.29, 1.82) is 0 Å². The summed E-state index contributed by atoms with van der Waals surface area (Å²) < 4.78 is 40.6. The van der Waals surface area contributed by atoms with Crippen molar-refractivity contribution < 1.29 is 22.7 Å². The van der Waals surface area contributed by atoms with Gasteiger partial charge >= 0.3 is 6.18 Å². The number of nitrogens with one attached hydrogen (secondary N) is 1. The van der Waals surface area contributed by atoms with Crippen LogP contribution in [-0.4, -0.2) is 31.2 Å². The van der Waals surface area contributed by atoms with E-state index in [2.05, 4.69) is 21.2 Å². The van der Waals surface area contributed by atoms with Crippen LogP contribution in [0.2, 0.25) is 0 Å². The van der Waals surface area contributed by atoms with Crippen LogP contribution >= 0.6 is 15.9 Å². The minimum Gasteiger partial charge on any atom is -0.387 e. The van der Waals surface area contributed by atoms with E-state index in [0.29, 0.717) is 13.2 Å². The maximum absolute atomic E-state index is 12.0.